The molecule has 1 fully saturated rings. The van der Waals surface area contributed by atoms with Gasteiger partial charge in [0.25, 0.3) is 5.91 Å². The number of anilines is 1. The maximum absolute atomic E-state index is 12.3. The van der Waals surface area contributed by atoms with Crippen LogP contribution >= 0.6 is 15.9 Å². The molecule has 2 aromatic rings. The van der Waals surface area contributed by atoms with Gasteiger partial charge >= 0.3 is 0 Å². The monoisotopic (exact) mass is 416 g/mol. The smallest absolute Gasteiger partial charge is 0.271 e. The molecule has 1 saturated heterocycles. The van der Waals surface area contributed by atoms with Gasteiger partial charge in [0.05, 0.1) is 11.5 Å². The van der Waals surface area contributed by atoms with E-state index in [4.69, 9.17) is 0 Å². The van der Waals surface area contributed by atoms with Gasteiger partial charge in [-0.3, -0.25) is 30.2 Å². The number of carbonyl (C=O) groups is 3. The van der Waals surface area contributed by atoms with Gasteiger partial charge in [0.1, 0.15) is 0 Å². The van der Waals surface area contributed by atoms with Crippen molar-refractivity contribution >= 4 is 39.3 Å². The Morgan fingerprint density at radius 1 is 1.27 bits per heavy atom. The van der Waals surface area contributed by atoms with Gasteiger partial charge in [-0.15, -0.1) is 0 Å². The van der Waals surface area contributed by atoms with Crippen LogP contribution in [-0.2, 0) is 9.59 Å². The van der Waals surface area contributed by atoms with Crippen molar-refractivity contribution in [1.82, 2.24) is 15.8 Å². The quantitative estimate of drug-likeness (QED) is 0.748. The summed E-state index contributed by atoms with van der Waals surface area (Å²) in [5, 5.41) is 0. The second kappa shape index (κ2) is 7.65. The molecule has 8 heteroatoms. The molecule has 2 N–H and O–H groups in total. The Bertz CT molecular complexity index is 857. The number of halogens is 1. The van der Waals surface area contributed by atoms with E-state index in [1.807, 2.05) is 25.1 Å². The Hall–Kier alpha value is -2.74. The van der Waals surface area contributed by atoms with E-state index in [-0.39, 0.29) is 18.9 Å². The zero-order chi connectivity index (χ0) is 18.7. The van der Waals surface area contributed by atoms with E-state index < -0.39 is 17.7 Å². The first-order valence-corrected chi connectivity index (χ1v) is 8.81. The number of benzene rings is 1. The number of pyridine rings is 1. The highest BCUT2D eigenvalue weighted by molar-refractivity contribution is 9.10. The molecule has 1 atom stereocenters. The molecule has 3 amide bonds. The molecule has 2 heterocycles. The van der Waals surface area contributed by atoms with Crippen molar-refractivity contribution in [3.8, 4) is 0 Å². The Morgan fingerprint density at radius 2 is 2.08 bits per heavy atom. The van der Waals surface area contributed by atoms with Crippen LogP contribution in [0.25, 0.3) is 0 Å². The lowest BCUT2D eigenvalue weighted by atomic mass is 10.1. The third-order valence-corrected chi connectivity index (χ3v) is 5.06. The Labute approximate surface area is 158 Å². The van der Waals surface area contributed by atoms with Gasteiger partial charge in [-0.05, 0) is 42.8 Å². The van der Waals surface area contributed by atoms with Gasteiger partial charge in [-0.1, -0.05) is 15.9 Å². The summed E-state index contributed by atoms with van der Waals surface area (Å²) in [4.78, 5) is 42.0. The topological polar surface area (TPSA) is 91.4 Å². The summed E-state index contributed by atoms with van der Waals surface area (Å²) in [6, 6.07) is 8.82. The Kier molecular flexibility index (Phi) is 5.32. The van der Waals surface area contributed by atoms with E-state index in [0.29, 0.717) is 5.56 Å². The van der Waals surface area contributed by atoms with Crippen LogP contribution in [0.5, 0.6) is 0 Å². The predicted octanol–water partition coefficient (Wildman–Crippen LogP) is 1.97. The molecule has 0 spiro atoms. The summed E-state index contributed by atoms with van der Waals surface area (Å²) in [7, 11) is 0. The summed E-state index contributed by atoms with van der Waals surface area (Å²) >= 11 is 3.43. The van der Waals surface area contributed by atoms with Gasteiger partial charge in [0.15, 0.2) is 0 Å². The minimum atomic E-state index is -0.527. The molecule has 0 saturated carbocycles. The maximum atomic E-state index is 12.3. The standard InChI is InChI=1S/C18H17BrN4O3/c1-11-7-14(4-5-15(11)19)23-10-13(8-16(23)24)18(26)22-21-17(25)12-3-2-6-20-9-12/h2-7,9,13H,8,10H2,1H3,(H,21,25)(H,22,26)/t13-/m0/s1. The van der Waals surface area contributed by atoms with Gasteiger partial charge in [-0.25, -0.2) is 0 Å². The number of hydrogen-bond donors (Lipinski definition) is 2. The summed E-state index contributed by atoms with van der Waals surface area (Å²) in [6.07, 6.45) is 3.06. The molecule has 0 aliphatic carbocycles. The first-order valence-electron chi connectivity index (χ1n) is 8.02. The van der Waals surface area contributed by atoms with Crippen molar-refractivity contribution in [2.45, 2.75) is 13.3 Å². The molecule has 7 nitrogen and oxygen atoms in total. The largest absolute Gasteiger partial charge is 0.312 e. The number of amides is 3. The lowest BCUT2D eigenvalue weighted by Gasteiger charge is -2.18. The Morgan fingerprint density at radius 3 is 2.77 bits per heavy atom. The first kappa shape index (κ1) is 18.1. The molecule has 1 aromatic heterocycles. The van der Waals surface area contributed by atoms with E-state index in [9.17, 15) is 14.4 Å². The van der Waals surface area contributed by atoms with Crippen molar-refractivity contribution in [2.24, 2.45) is 5.92 Å². The molecule has 0 radical (unpaired) electrons. The van der Waals surface area contributed by atoms with Gasteiger partial charge in [-0.2, -0.15) is 0 Å². The van der Waals surface area contributed by atoms with Crippen molar-refractivity contribution in [3.05, 3.63) is 58.3 Å². The van der Waals surface area contributed by atoms with Crippen molar-refractivity contribution in [1.29, 1.82) is 0 Å². The summed E-state index contributed by atoms with van der Waals surface area (Å²) in [5.74, 6) is -1.51. The molecular weight excluding hydrogens is 400 g/mol. The average Bonchev–Trinajstić information content (AvgIpc) is 3.04. The van der Waals surface area contributed by atoms with Crippen LogP contribution in [0, 0.1) is 12.8 Å². The number of nitrogens with one attached hydrogen (secondary N) is 2. The van der Waals surface area contributed by atoms with Crippen LogP contribution in [0.15, 0.2) is 47.2 Å². The number of carbonyl (C=O) groups excluding carboxylic acids is 3. The average molecular weight is 417 g/mol. The second-order valence-electron chi connectivity index (χ2n) is 6.02. The fourth-order valence-corrected chi connectivity index (χ4v) is 2.97. The molecule has 3 rings (SSSR count). The van der Waals surface area contributed by atoms with Crippen LogP contribution < -0.4 is 15.8 Å². The van der Waals surface area contributed by atoms with Gasteiger partial charge in [0.2, 0.25) is 11.8 Å². The van der Waals surface area contributed by atoms with E-state index in [2.05, 4.69) is 31.8 Å². The fourth-order valence-electron chi connectivity index (χ4n) is 2.72. The number of rotatable bonds is 3. The van der Waals surface area contributed by atoms with Gasteiger partial charge in [0, 0.05) is 35.5 Å². The van der Waals surface area contributed by atoms with Crippen molar-refractivity contribution in [3.63, 3.8) is 0 Å². The third-order valence-electron chi connectivity index (χ3n) is 4.17. The molecule has 0 unspecified atom stereocenters. The van der Waals surface area contributed by atoms with Crippen LogP contribution in [-0.4, -0.2) is 29.3 Å². The highest BCUT2D eigenvalue weighted by Crippen LogP contribution is 2.28. The van der Waals surface area contributed by atoms with Crippen LogP contribution in [0.2, 0.25) is 0 Å². The number of nitrogens with zero attached hydrogens (tertiary/aromatic N) is 2. The van der Waals surface area contributed by atoms with Crippen LogP contribution in [0.3, 0.4) is 0 Å². The van der Waals surface area contributed by atoms with Crippen LogP contribution in [0.1, 0.15) is 22.3 Å². The maximum Gasteiger partial charge on any atom is 0.271 e. The summed E-state index contributed by atoms with van der Waals surface area (Å²) < 4.78 is 0.959. The van der Waals surface area contributed by atoms with E-state index in [1.165, 1.54) is 6.20 Å². The highest BCUT2D eigenvalue weighted by atomic mass is 79.9. The van der Waals surface area contributed by atoms with E-state index in [1.54, 1.807) is 23.2 Å². The number of hydrogen-bond acceptors (Lipinski definition) is 4. The number of aryl methyl sites for hydroxylation is 1. The predicted molar refractivity (Wildman–Crippen MR) is 99.2 cm³/mol. The minimum Gasteiger partial charge on any atom is -0.312 e. The summed E-state index contributed by atoms with van der Waals surface area (Å²) in [5.41, 5.74) is 6.83. The first-order chi connectivity index (χ1) is 12.5. The molecule has 1 aliphatic rings. The fraction of sp³-hybridized carbons (Fsp3) is 0.222. The minimum absolute atomic E-state index is 0.101. The molecule has 0 bridgehead atoms. The Balaban J connectivity index is 1.60. The van der Waals surface area contributed by atoms with Gasteiger partial charge < -0.3 is 4.90 Å². The lowest BCUT2D eigenvalue weighted by Crippen LogP contribution is -2.45. The van der Waals surface area contributed by atoms with E-state index >= 15 is 0 Å². The van der Waals surface area contributed by atoms with Crippen molar-refractivity contribution in [2.75, 3.05) is 11.4 Å². The third kappa shape index (κ3) is 3.91. The summed E-state index contributed by atoms with van der Waals surface area (Å²) in [6.45, 7) is 2.21. The lowest BCUT2D eigenvalue weighted by molar-refractivity contribution is -0.126. The molecular formula is C18H17BrN4O3. The normalized spacial score (nSPS) is 16.5. The molecule has 1 aromatic carbocycles. The zero-order valence-corrected chi connectivity index (χ0v) is 15.6. The zero-order valence-electron chi connectivity index (χ0n) is 14.0. The molecule has 26 heavy (non-hydrogen) atoms. The number of aromatic nitrogens is 1. The van der Waals surface area contributed by atoms with Crippen molar-refractivity contribution < 1.29 is 14.4 Å². The second-order valence-corrected chi connectivity index (χ2v) is 6.88. The van der Waals surface area contributed by atoms with E-state index in [0.717, 1.165) is 15.7 Å². The molecule has 1 aliphatic heterocycles. The SMILES string of the molecule is Cc1cc(N2C[C@@H](C(=O)NNC(=O)c3cccnc3)CC2=O)ccc1Br. The number of hydrazine groups is 1. The van der Waals surface area contributed by atoms with Crippen LogP contribution in [0.4, 0.5) is 5.69 Å². The molecule has 134 valence electrons. The highest BCUT2D eigenvalue weighted by Gasteiger charge is 2.35.